The molecule has 0 atom stereocenters. The van der Waals surface area contributed by atoms with Crippen LogP contribution in [0.5, 0.6) is 5.75 Å². The molecule has 0 bridgehead atoms. The first-order valence-electron chi connectivity index (χ1n) is 6.60. The predicted octanol–water partition coefficient (Wildman–Crippen LogP) is 0.0379. The van der Waals surface area contributed by atoms with Gasteiger partial charge in [-0.3, -0.25) is 9.59 Å². The molecule has 5 N–H and O–H groups in total. The van der Waals surface area contributed by atoms with Crippen LogP contribution in [0.3, 0.4) is 0 Å². The highest BCUT2D eigenvalue weighted by molar-refractivity contribution is 5.96. The first kappa shape index (κ1) is 13.6. The Morgan fingerprint density at radius 3 is 2.84 bits per heavy atom. The third-order valence-electron chi connectivity index (χ3n) is 3.38. The molecule has 0 saturated carbocycles. The van der Waals surface area contributed by atoms with E-state index < -0.39 is 11.5 Å². The quantitative estimate of drug-likeness (QED) is 0.576. The van der Waals surface area contributed by atoms with Crippen molar-refractivity contribution in [3.63, 3.8) is 0 Å². The minimum Gasteiger partial charge on any atom is -0.507 e. The van der Waals surface area contributed by atoms with Crippen molar-refractivity contribution in [2.75, 3.05) is 13.1 Å². The second-order valence-electron chi connectivity index (χ2n) is 4.74. The zero-order valence-electron chi connectivity index (χ0n) is 10.8. The van der Waals surface area contributed by atoms with Crippen molar-refractivity contribution in [3.05, 3.63) is 27.2 Å². The minimum absolute atomic E-state index is 0.163. The second-order valence-corrected chi connectivity index (χ2v) is 4.74. The van der Waals surface area contributed by atoms with E-state index in [0.29, 0.717) is 31.5 Å². The molecule has 0 unspecified atom stereocenters. The van der Waals surface area contributed by atoms with Gasteiger partial charge in [-0.25, -0.2) is 0 Å². The minimum atomic E-state index is -0.541. The van der Waals surface area contributed by atoms with E-state index >= 15 is 0 Å². The van der Waals surface area contributed by atoms with E-state index in [1.807, 2.05) is 0 Å². The second kappa shape index (κ2) is 5.88. The number of carbonyl (C=O) groups is 1. The van der Waals surface area contributed by atoms with Crippen LogP contribution < -0.4 is 16.6 Å². The van der Waals surface area contributed by atoms with Crippen LogP contribution in [0.2, 0.25) is 0 Å². The summed E-state index contributed by atoms with van der Waals surface area (Å²) in [5.41, 5.74) is 6.09. The molecule has 1 aromatic heterocycles. The summed E-state index contributed by atoms with van der Waals surface area (Å²) < 4.78 is 0. The number of aryl methyl sites for hydroxylation is 1. The highest BCUT2D eigenvalue weighted by atomic mass is 16.3. The normalized spacial score (nSPS) is 13.9. The van der Waals surface area contributed by atoms with Gasteiger partial charge in [0.2, 0.25) is 0 Å². The van der Waals surface area contributed by atoms with Crippen LogP contribution >= 0.6 is 0 Å². The Morgan fingerprint density at radius 1 is 1.37 bits per heavy atom. The molecule has 2 rings (SSSR count). The van der Waals surface area contributed by atoms with E-state index in [0.717, 1.165) is 25.0 Å². The monoisotopic (exact) mass is 265 g/mol. The fourth-order valence-electron chi connectivity index (χ4n) is 2.37. The van der Waals surface area contributed by atoms with Crippen LogP contribution in [-0.2, 0) is 12.8 Å². The lowest BCUT2D eigenvalue weighted by Crippen LogP contribution is -2.32. The summed E-state index contributed by atoms with van der Waals surface area (Å²) in [6, 6.07) is 0. The molecule has 0 aromatic carbocycles. The van der Waals surface area contributed by atoms with E-state index in [2.05, 4.69) is 10.3 Å². The van der Waals surface area contributed by atoms with Crippen LogP contribution in [0.4, 0.5) is 0 Å². The molecule has 0 aliphatic heterocycles. The number of amides is 1. The number of carbonyl (C=O) groups excluding carboxylic acids is 1. The summed E-state index contributed by atoms with van der Waals surface area (Å²) in [6.07, 6.45) is 4.02. The van der Waals surface area contributed by atoms with E-state index in [-0.39, 0.29) is 11.3 Å². The van der Waals surface area contributed by atoms with Gasteiger partial charge in [0.15, 0.2) is 0 Å². The average molecular weight is 265 g/mol. The Bertz CT molecular complexity index is 537. The number of hydrogen-bond donors (Lipinski definition) is 4. The summed E-state index contributed by atoms with van der Waals surface area (Å²) in [5.74, 6) is -0.704. The number of nitrogens with one attached hydrogen (secondary N) is 2. The molecule has 1 aliphatic carbocycles. The lowest BCUT2D eigenvalue weighted by Gasteiger charge is -2.18. The summed E-state index contributed by atoms with van der Waals surface area (Å²) >= 11 is 0. The number of rotatable bonds is 4. The first-order valence-corrected chi connectivity index (χ1v) is 6.60. The smallest absolute Gasteiger partial charge is 0.264 e. The van der Waals surface area contributed by atoms with Crippen molar-refractivity contribution < 1.29 is 9.90 Å². The molecule has 0 fully saturated rings. The number of nitrogens with two attached hydrogens (primary N) is 1. The maximum atomic E-state index is 11.9. The Hall–Kier alpha value is -1.82. The topological polar surface area (TPSA) is 108 Å². The first-order chi connectivity index (χ1) is 9.15. The number of H-pyrrole nitrogens is 1. The van der Waals surface area contributed by atoms with Gasteiger partial charge in [-0.15, -0.1) is 0 Å². The fourth-order valence-corrected chi connectivity index (χ4v) is 2.37. The molecule has 19 heavy (non-hydrogen) atoms. The molecule has 1 heterocycles. The third kappa shape index (κ3) is 2.78. The SMILES string of the molecule is NCCCNC(=O)c1c(O)c2c([nH]c1=O)CCCC2. The molecule has 0 saturated heterocycles. The van der Waals surface area contributed by atoms with Gasteiger partial charge >= 0.3 is 0 Å². The third-order valence-corrected chi connectivity index (χ3v) is 3.38. The summed E-state index contributed by atoms with van der Waals surface area (Å²) in [5, 5.41) is 12.7. The fraction of sp³-hybridized carbons (Fsp3) is 0.538. The van der Waals surface area contributed by atoms with Gasteiger partial charge in [0.1, 0.15) is 11.3 Å². The van der Waals surface area contributed by atoms with Crippen molar-refractivity contribution >= 4 is 5.91 Å². The van der Waals surface area contributed by atoms with E-state index in [9.17, 15) is 14.7 Å². The molecule has 0 spiro atoms. The zero-order valence-corrected chi connectivity index (χ0v) is 10.8. The molecule has 0 radical (unpaired) electrons. The van der Waals surface area contributed by atoms with Crippen LogP contribution in [-0.4, -0.2) is 29.1 Å². The van der Waals surface area contributed by atoms with Crippen molar-refractivity contribution in [2.45, 2.75) is 32.1 Å². The molecule has 104 valence electrons. The van der Waals surface area contributed by atoms with Gasteiger partial charge in [-0.1, -0.05) is 0 Å². The lowest BCUT2D eigenvalue weighted by atomic mass is 9.93. The van der Waals surface area contributed by atoms with Gasteiger partial charge in [-0.05, 0) is 38.6 Å². The maximum Gasteiger partial charge on any atom is 0.264 e. The summed E-state index contributed by atoms with van der Waals surface area (Å²) in [7, 11) is 0. The number of hydrogen-bond acceptors (Lipinski definition) is 4. The van der Waals surface area contributed by atoms with E-state index in [1.54, 1.807) is 0 Å². The number of fused-ring (bicyclic) bond motifs is 1. The van der Waals surface area contributed by atoms with Gasteiger partial charge < -0.3 is 21.1 Å². The van der Waals surface area contributed by atoms with Crippen LogP contribution in [0.25, 0.3) is 0 Å². The number of pyridine rings is 1. The molecule has 1 aromatic rings. The Kier molecular flexibility index (Phi) is 4.21. The van der Waals surface area contributed by atoms with Crippen LogP contribution in [0, 0.1) is 0 Å². The maximum absolute atomic E-state index is 11.9. The number of aromatic hydroxyl groups is 1. The van der Waals surface area contributed by atoms with E-state index in [1.165, 1.54) is 0 Å². The van der Waals surface area contributed by atoms with Crippen molar-refractivity contribution in [1.29, 1.82) is 0 Å². The zero-order chi connectivity index (χ0) is 13.8. The molecule has 1 aliphatic rings. The van der Waals surface area contributed by atoms with Crippen LogP contribution in [0.15, 0.2) is 4.79 Å². The Morgan fingerprint density at radius 2 is 2.11 bits per heavy atom. The highest BCUT2D eigenvalue weighted by Crippen LogP contribution is 2.28. The van der Waals surface area contributed by atoms with Crippen molar-refractivity contribution in [1.82, 2.24) is 10.3 Å². The number of aromatic amines is 1. The molecular weight excluding hydrogens is 246 g/mol. The van der Waals surface area contributed by atoms with Crippen LogP contribution in [0.1, 0.15) is 40.9 Å². The van der Waals surface area contributed by atoms with Gasteiger partial charge in [0.25, 0.3) is 11.5 Å². The van der Waals surface area contributed by atoms with Gasteiger partial charge in [0, 0.05) is 17.8 Å². The summed E-state index contributed by atoms with van der Waals surface area (Å²) in [6.45, 7) is 0.859. The standard InChI is InChI=1S/C13H19N3O3/c14-6-3-7-15-12(18)10-11(17)8-4-1-2-5-9(8)16-13(10)19/h1-7,14H2,(H,15,18)(H2,16,17,19). The van der Waals surface area contributed by atoms with Gasteiger partial charge in [-0.2, -0.15) is 0 Å². The van der Waals surface area contributed by atoms with Crippen molar-refractivity contribution in [2.24, 2.45) is 5.73 Å². The molecule has 1 amide bonds. The largest absolute Gasteiger partial charge is 0.507 e. The Labute approximate surface area is 111 Å². The van der Waals surface area contributed by atoms with Gasteiger partial charge in [0.05, 0.1) is 0 Å². The number of aromatic nitrogens is 1. The average Bonchev–Trinajstić information content (AvgIpc) is 2.39. The van der Waals surface area contributed by atoms with Crippen molar-refractivity contribution in [3.8, 4) is 5.75 Å². The summed E-state index contributed by atoms with van der Waals surface area (Å²) in [4.78, 5) is 26.5. The molecular formula is C13H19N3O3. The lowest BCUT2D eigenvalue weighted by molar-refractivity contribution is 0.0949. The Balaban J connectivity index is 2.30. The van der Waals surface area contributed by atoms with E-state index in [4.69, 9.17) is 5.73 Å². The highest BCUT2D eigenvalue weighted by Gasteiger charge is 2.23. The molecule has 6 heteroatoms. The predicted molar refractivity (Wildman–Crippen MR) is 71.4 cm³/mol. The molecule has 6 nitrogen and oxygen atoms in total.